The Balaban J connectivity index is 1.47. The second kappa shape index (κ2) is 10.8. The molecule has 0 N–H and O–H groups in total. The zero-order valence-electron chi connectivity index (χ0n) is 19.3. The van der Waals surface area contributed by atoms with Crippen LogP contribution in [0, 0.1) is 5.92 Å². The fourth-order valence-electron chi connectivity index (χ4n) is 4.22. The zero-order valence-corrected chi connectivity index (χ0v) is 20.1. The molecule has 0 unspecified atom stereocenters. The van der Waals surface area contributed by atoms with E-state index in [0.717, 1.165) is 5.56 Å². The van der Waals surface area contributed by atoms with Gasteiger partial charge in [0.25, 0.3) is 0 Å². The van der Waals surface area contributed by atoms with Crippen molar-refractivity contribution in [1.82, 2.24) is 14.1 Å². The Morgan fingerprint density at radius 1 is 1.00 bits per heavy atom. The molecule has 0 aliphatic carbocycles. The van der Waals surface area contributed by atoms with E-state index in [4.69, 9.17) is 4.74 Å². The summed E-state index contributed by atoms with van der Waals surface area (Å²) in [6.45, 7) is 9.50. The number of likely N-dealkylation sites (tertiary alicyclic amines) is 1. The quantitative estimate of drug-likeness (QED) is 0.572. The van der Waals surface area contributed by atoms with Crippen molar-refractivity contribution < 1.29 is 22.7 Å². The first-order valence-electron chi connectivity index (χ1n) is 11.5. The number of rotatable bonds is 7. The molecule has 178 valence electrons. The third-order valence-electron chi connectivity index (χ3n) is 6.34. The summed E-state index contributed by atoms with van der Waals surface area (Å²) in [6.07, 6.45) is 1.26. The second-order valence-electron chi connectivity index (χ2n) is 8.81. The molecular formula is C23H35N3O5S. The number of piperazine rings is 1. The van der Waals surface area contributed by atoms with Crippen LogP contribution in [0.3, 0.4) is 0 Å². The number of carbonyl (C=O) groups excluding carboxylic acids is 2. The maximum absolute atomic E-state index is 13.0. The Morgan fingerprint density at radius 2 is 1.59 bits per heavy atom. The van der Waals surface area contributed by atoms with Gasteiger partial charge in [-0.2, -0.15) is 4.31 Å². The average molecular weight is 466 g/mol. The van der Waals surface area contributed by atoms with Gasteiger partial charge >= 0.3 is 5.97 Å². The molecule has 0 radical (unpaired) electrons. The van der Waals surface area contributed by atoms with Gasteiger partial charge in [0.1, 0.15) is 0 Å². The minimum Gasteiger partial charge on any atom is -0.466 e. The van der Waals surface area contributed by atoms with Gasteiger partial charge in [0.2, 0.25) is 15.9 Å². The number of hydrogen-bond donors (Lipinski definition) is 0. The number of esters is 1. The van der Waals surface area contributed by atoms with Crippen LogP contribution in [0.4, 0.5) is 0 Å². The Bertz CT molecular complexity index is 885. The van der Waals surface area contributed by atoms with Crippen molar-refractivity contribution >= 4 is 21.9 Å². The lowest BCUT2D eigenvalue weighted by molar-refractivity contribution is -0.151. The summed E-state index contributed by atoms with van der Waals surface area (Å²) < 4.78 is 32.5. The Labute approximate surface area is 191 Å². The second-order valence-corrected chi connectivity index (χ2v) is 10.7. The first kappa shape index (κ1) is 24.7. The van der Waals surface area contributed by atoms with Gasteiger partial charge in [0.15, 0.2) is 0 Å². The summed E-state index contributed by atoms with van der Waals surface area (Å²) in [5.74, 6) is 0.0924. The SMILES string of the molecule is CCOC(=O)C1CCN(C(=O)CN2CCN(S(=O)(=O)c3ccc(C(C)C)cc3)CC2)CC1. The topological polar surface area (TPSA) is 87.2 Å². The average Bonchev–Trinajstić information content (AvgIpc) is 2.79. The van der Waals surface area contributed by atoms with E-state index in [2.05, 4.69) is 13.8 Å². The molecule has 8 nitrogen and oxygen atoms in total. The molecule has 0 saturated carbocycles. The fourth-order valence-corrected chi connectivity index (χ4v) is 5.64. The molecule has 1 aromatic rings. The molecule has 0 aromatic heterocycles. The molecule has 2 saturated heterocycles. The largest absolute Gasteiger partial charge is 0.466 e. The van der Waals surface area contributed by atoms with Crippen LogP contribution >= 0.6 is 0 Å². The molecular weight excluding hydrogens is 430 g/mol. The Hall–Kier alpha value is -1.97. The van der Waals surface area contributed by atoms with Gasteiger partial charge < -0.3 is 9.64 Å². The molecule has 2 aliphatic rings. The van der Waals surface area contributed by atoms with Crippen LogP contribution in [0.5, 0.6) is 0 Å². The highest BCUT2D eigenvalue weighted by molar-refractivity contribution is 7.89. The number of benzene rings is 1. The Kier molecular flexibility index (Phi) is 8.30. The molecule has 0 atom stereocenters. The van der Waals surface area contributed by atoms with E-state index in [1.54, 1.807) is 24.0 Å². The van der Waals surface area contributed by atoms with Crippen LogP contribution in [-0.2, 0) is 24.3 Å². The first-order valence-corrected chi connectivity index (χ1v) is 12.9. The van der Waals surface area contributed by atoms with Crippen molar-refractivity contribution in [2.45, 2.75) is 44.4 Å². The maximum Gasteiger partial charge on any atom is 0.309 e. The fraction of sp³-hybridized carbons (Fsp3) is 0.652. The molecule has 1 aromatic carbocycles. The normalized spacial score (nSPS) is 19.3. The van der Waals surface area contributed by atoms with Crippen molar-refractivity contribution in [3.8, 4) is 0 Å². The van der Waals surface area contributed by atoms with E-state index in [1.165, 1.54) is 4.31 Å². The molecule has 2 fully saturated rings. The maximum atomic E-state index is 13.0. The predicted molar refractivity (Wildman–Crippen MR) is 122 cm³/mol. The highest BCUT2D eigenvalue weighted by Gasteiger charge is 2.32. The summed E-state index contributed by atoms with van der Waals surface area (Å²) in [5.41, 5.74) is 1.11. The minimum absolute atomic E-state index is 0.0351. The van der Waals surface area contributed by atoms with Gasteiger partial charge in [-0.25, -0.2) is 8.42 Å². The van der Waals surface area contributed by atoms with Crippen LogP contribution in [-0.4, -0.2) is 86.8 Å². The molecule has 9 heteroatoms. The van der Waals surface area contributed by atoms with Gasteiger partial charge in [0, 0.05) is 39.3 Å². The number of hydrogen-bond acceptors (Lipinski definition) is 6. The van der Waals surface area contributed by atoms with Gasteiger partial charge in [0.05, 0.1) is 24.0 Å². The lowest BCUT2D eigenvalue weighted by Gasteiger charge is -2.36. The van der Waals surface area contributed by atoms with Crippen molar-refractivity contribution in [2.24, 2.45) is 5.92 Å². The number of amides is 1. The standard InChI is InChI=1S/C23H35N3O5S/c1-4-31-23(28)20-9-11-25(12-10-20)22(27)17-24-13-15-26(16-14-24)32(29,30)21-7-5-19(6-8-21)18(2)3/h5-8,18,20H,4,9-17H2,1-3H3. The minimum atomic E-state index is -3.53. The molecule has 0 bridgehead atoms. The zero-order chi connectivity index (χ0) is 23.3. The highest BCUT2D eigenvalue weighted by atomic mass is 32.2. The molecule has 0 spiro atoms. The predicted octanol–water partition coefficient (Wildman–Crippen LogP) is 1.92. The van der Waals surface area contributed by atoms with Crippen molar-refractivity contribution in [2.75, 3.05) is 52.4 Å². The lowest BCUT2D eigenvalue weighted by Crippen LogP contribution is -2.52. The van der Waals surface area contributed by atoms with E-state index < -0.39 is 10.0 Å². The van der Waals surface area contributed by atoms with E-state index in [0.29, 0.717) is 69.5 Å². The Morgan fingerprint density at radius 3 is 2.12 bits per heavy atom. The number of ether oxygens (including phenoxy) is 1. The van der Waals surface area contributed by atoms with Gasteiger partial charge in [-0.3, -0.25) is 14.5 Å². The summed E-state index contributed by atoms with van der Waals surface area (Å²) in [4.78, 5) is 28.7. The smallest absolute Gasteiger partial charge is 0.309 e. The molecule has 2 heterocycles. The van der Waals surface area contributed by atoms with Gasteiger partial charge in [-0.05, 0) is 43.4 Å². The highest BCUT2D eigenvalue weighted by Crippen LogP contribution is 2.22. The summed E-state index contributed by atoms with van der Waals surface area (Å²) in [5, 5.41) is 0. The van der Waals surface area contributed by atoms with Crippen molar-refractivity contribution in [3.05, 3.63) is 29.8 Å². The van der Waals surface area contributed by atoms with Gasteiger partial charge in [-0.15, -0.1) is 0 Å². The molecule has 32 heavy (non-hydrogen) atoms. The lowest BCUT2D eigenvalue weighted by atomic mass is 9.97. The van der Waals surface area contributed by atoms with Gasteiger partial charge in [-0.1, -0.05) is 26.0 Å². The van der Waals surface area contributed by atoms with E-state index in [-0.39, 0.29) is 24.3 Å². The summed E-state index contributed by atoms with van der Waals surface area (Å²) in [7, 11) is -3.53. The third-order valence-corrected chi connectivity index (χ3v) is 8.26. The third kappa shape index (κ3) is 5.88. The number of piperidine rings is 1. The number of nitrogens with zero attached hydrogens (tertiary/aromatic N) is 3. The monoisotopic (exact) mass is 465 g/mol. The molecule has 2 aliphatic heterocycles. The van der Waals surface area contributed by atoms with Crippen molar-refractivity contribution in [3.63, 3.8) is 0 Å². The summed E-state index contributed by atoms with van der Waals surface area (Å²) >= 11 is 0. The van der Waals surface area contributed by atoms with Crippen LogP contribution < -0.4 is 0 Å². The number of carbonyl (C=O) groups is 2. The number of sulfonamides is 1. The molecule has 1 amide bonds. The van der Waals surface area contributed by atoms with E-state index >= 15 is 0 Å². The van der Waals surface area contributed by atoms with Crippen LogP contribution in [0.2, 0.25) is 0 Å². The van der Waals surface area contributed by atoms with Crippen molar-refractivity contribution in [1.29, 1.82) is 0 Å². The van der Waals surface area contributed by atoms with E-state index in [1.807, 2.05) is 17.0 Å². The van der Waals surface area contributed by atoms with Crippen LogP contribution in [0.15, 0.2) is 29.2 Å². The van der Waals surface area contributed by atoms with E-state index in [9.17, 15) is 18.0 Å². The molecule has 3 rings (SSSR count). The van der Waals surface area contributed by atoms with Crippen LogP contribution in [0.1, 0.15) is 45.1 Å². The first-order chi connectivity index (χ1) is 15.2. The van der Waals surface area contributed by atoms with Crippen LogP contribution in [0.25, 0.3) is 0 Å². The summed E-state index contributed by atoms with van der Waals surface area (Å²) in [6, 6.07) is 7.11.